The van der Waals surface area contributed by atoms with Crippen molar-refractivity contribution < 1.29 is 13.2 Å². The molecule has 2 N–H and O–H groups in total. The van der Waals surface area contributed by atoms with E-state index in [4.69, 9.17) is 5.73 Å². The summed E-state index contributed by atoms with van der Waals surface area (Å²) in [4.78, 5) is 8.09. The Kier molecular flexibility index (Phi) is 3.51. The van der Waals surface area contributed by atoms with Gasteiger partial charge in [0.25, 0.3) is 6.43 Å². The van der Waals surface area contributed by atoms with Crippen LogP contribution in [-0.4, -0.2) is 15.4 Å². The van der Waals surface area contributed by atoms with Crippen LogP contribution in [-0.2, 0) is 12.1 Å². The number of amidine groups is 1. The molecule has 1 aromatic heterocycles. The summed E-state index contributed by atoms with van der Waals surface area (Å²) in [6.45, 7) is 1.88. The third kappa shape index (κ3) is 2.41. The number of hydrogen-bond acceptors (Lipinski definition) is 3. The van der Waals surface area contributed by atoms with E-state index in [9.17, 15) is 13.2 Å². The fraction of sp³-hybridized carbons (Fsp3) is 0.286. The first-order chi connectivity index (χ1) is 10.3. The summed E-state index contributed by atoms with van der Waals surface area (Å²) in [6, 6.07) is 4.52. The zero-order valence-corrected chi connectivity index (χ0v) is 13.1. The summed E-state index contributed by atoms with van der Waals surface area (Å²) in [7, 11) is 0. The quantitative estimate of drug-likeness (QED) is 0.878. The van der Waals surface area contributed by atoms with Crippen molar-refractivity contribution >= 4 is 21.8 Å². The Labute approximate surface area is 133 Å². The minimum absolute atomic E-state index is 0.0139. The van der Waals surface area contributed by atoms with Gasteiger partial charge in [-0.1, -0.05) is 15.9 Å². The van der Waals surface area contributed by atoms with E-state index in [-0.39, 0.29) is 23.9 Å². The fourth-order valence-corrected chi connectivity index (χ4v) is 2.97. The van der Waals surface area contributed by atoms with Crippen molar-refractivity contribution in [1.82, 2.24) is 9.55 Å². The van der Waals surface area contributed by atoms with E-state index in [1.807, 2.05) is 0 Å². The molecule has 3 rings (SSSR count). The molecule has 0 saturated heterocycles. The number of nitrogens with two attached hydrogens (primary N) is 1. The van der Waals surface area contributed by atoms with Crippen LogP contribution in [0.1, 0.15) is 30.4 Å². The number of hydrogen-bond donors (Lipinski definition) is 1. The molecule has 4 nitrogen and oxygen atoms in total. The summed E-state index contributed by atoms with van der Waals surface area (Å²) in [5, 5.41) is 0. The predicted molar refractivity (Wildman–Crippen MR) is 79.4 cm³/mol. The zero-order valence-electron chi connectivity index (χ0n) is 11.5. The van der Waals surface area contributed by atoms with E-state index in [0.717, 1.165) is 0 Å². The van der Waals surface area contributed by atoms with Gasteiger partial charge in [0.05, 0.1) is 6.54 Å². The largest absolute Gasteiger partial charge is 0.381 e. The Bertz CT molecular complexity index is 771. The van der Waals surface area contributed by atoms with Gasteiger partial charge in [-0.25, -0.2) is 18.2 Å². The van der Waals surface area contributed by atoms with Crippen LogP contribution in [0.2, 0.25) is 0 Å². The molecule has 2 aromatic rings. The van der Waals surface area contributed by atoms with E-state index < -0.39 is 17.8 Å². The number of rotatable bonds is 2. The highest BCUT2D eigenvalue weighted by Gasteiger charge is 2.36. The van der Waals surface area contributed by atoms with E-state index >= 15 is 0 Å². The lowest BCUT2D eigenvalue weighted by molar-refractivity contribution is 0.146. The van der Waals surface area contributed by atoms with Gasteiger partial charge in [-0.3, -0.25) is 4.99 Å². The number of alkyl halides is 2. The molecular formula is C14H12BrF3N4. The van der Waals surface area contributed by atoms with Crippen molar-refractivity contribution in [2.24, 2.45) is 10.7 Å². The van der Waals surface area contributed by atoms with Crippen LogP contribution in [0, 0.1) is 5.82 Å². The van der Waals surface area contributed by atoms with Crippen LogP contribution < -0.4 is 5.73 Å². The molecule has 1 aromatic carbocycles. The Morgan fingerprint density at radius 2 is 2.14 bits per heavy atom. The molecule has 0 amide bonds. The number of benzene rings is 1. The third-order valence-corrected chi connectivity index (χ3v) is 4.10. The Hall–Kier alpha value is -1.83. The monoisotopic (exact) mass is 372 g/mol. The minimum atomic E-state index is -2.69. The van der Waals surface area contributed by atoms with Crippen molar-refractivity contribution in [3.63, 3.8) is 0 Å². The van der Waals surface area contributed by atoms with Crippen molar-refractivity contribution in [3.05, 3.63) is 51.8 Å². The van der Waals surface area contributed by atoms with Crippen LogP contribution in [0.15, 0.2) is 33.9 Å². The second-order valence-corrected chi connectivity index (χ2v) is 6.23. The molecule has 1 atom stereocenters. The number of nitrogens with zero attached hydrogens (tertiary/aromatic N) is 3. The van der Waals surface area contributed by atoms with Gasteiger partial charge >= 0.3 is 0 Å². The lowest BCUT2D eigenvalue weighted by Crippen LogP contribution is -2.37. The highest BCUT2D eigenvalue weighted by atomic mass is 79.9. The smallest absolute Gasteiger partial charge is 0.281 e. The Morgan fingerprint density at radius 3 is 2.82 bits per heavy atom. The van der Waals surface area contributed by atoms with Gasteiger partial charge in [-0.05, 0) is 25.1 Å². The molecule has 8 heteroatoms. The first kappa shape index (κ1) is 15.1. The Morgan fingerprint density at radius 1 is 1.41 bits per heavy atom. The van der Waals surface area contributed by atoms with Crippen LogP contribution >= 0.6 is 15.9 Å². The molecule has 1 unspecified atom stereocenters. The van der Waals surface area contributed by atoms with Gasteiger partial charge in [0.15, 0.2) is 11.7 Å². The maximum atomic E-state index is 14.2. The van der Waals surface area contributed by atoms with Crippen molar-refractivity contribution in [2.75, 3.05) is 0 Å². The summed E-state index contributed by atoms with van der Waals surface area (Å²) >= 11 is 3.29. The standard InChI is InChI=1S/C14H12BrF3N4/c1-14(8-4-7(15)2-3-9(8)16)6-22-5-10(11(17)18)20-13(22)12(19)21-14/h2-5,11H,6H2,1H3,(H2,19,21). The molecule has 1 aliphatic heterocycles. The summed E-state index contributed by atoms with van der Waals surface area (Å²) in [5.74, 6) is -0.233. The Balaban J connectivity index is 2.10. The maximum Gasteiger partial charge on any atom is 0.281 e. The van der Waals surface area contributed by atoms with Gasteiger partial charge in [0.2, 0.25) is 0 Å². The van der Waals surface area contributed by atoms with E-state index in [1.54, 1.807) is 19.1 Å². The van der Waals surface area contributed by atoms with Crippen molar-refractivity contribution in [1.29, 1.82) is 0 Å². The van der Waals surface area contributed by atoms with Crippen molar-refractivity contribution in [2.45, 2.75) is 25.4 Å². The second-order valence-electron chi connectivity index (χ2n) is 5.31. The van der Waals surface area contributed by atoms with Gasteiger partial charge in [-0.15, -0.1) is 0 Å². The average Bonchev–Trinajstić information content (AvgIpc) is 2.85. The molecule has 116 valence electrons. The summed E-state index contributed by atoms with van der Waals surface area (Å²) < 4.78 is 41.9. The van der Waals surface area contributed by atoms with Crippen LogP contribution in [0.25, 0.3) is 0 Å². The van der Waals surface area contributed by atoms with E-state index in [1.165, 1.54) is 16.8 Å². The molecule has 0 aliphatic carbocycles. The van der Waals surface area contributed by atoms with Crippen LogP contribution in [0.4, 0.5) is 13.2 Å². The second kappa shape index (κ2) is 5.12. The predicted octanol–water partition coefficient (Wildman–Crippen LogP) is 3.36. The molecule has 0 saturated carbocycles. The van der Waals surface area contributed by atoms with Gasteiger partial charge in [0, 0.05) is 16.2 Å². The van der Waals surface area contributed by atoms with Gasteiger partial charge in [0.1, 0.15) is 17.1 Å². The number of aliphatic imine (C=N–C) groups is 1. The lowest BCUT2D eigenvalue weighted by atomic mass is 9.91. The first-order valence-corrected chi connectivity index (χ1v) is 7.26. The van der Waals surface area contributed by atoms with E-state index in [2.05, 4.69) is 25.9 Å². The SMILES string of the molecule is CC1(c2cc(Br)ccc2F)Cn2cc(C(F)F)nc2C(N)=N1. The molecule has 0 spiro atoms. The van der Waals surface area contributed by atoms with E-state index in [0.29, 0.717) is 10.0 Å². The topological polar surface area (TPSA) is 56.2 Å². The number of imidazole rings is 1. The molecule has 2 heterocycles. The fourth-order valence-electron chi connectivity index (χ4n) is 2.60. The normalized spacial score (nSPS) is 20.9. The number of fused-ring (bicyclic) bond motifs is 1. The molecule has 0 fully saturated rings. The molecular weight excluding hydrogens is 361 g/mol. The highest BCUT2D eigenvalue weighted by Crippen LogP contribution is 2.35. The molecule has 0 radical (unpaired) electrons. The average molecular weight is 373 g/mol. The zero-order chi connectivity index (χ0) is 16.1. The lowest BCUT2D eigenvalue weighted by Gasteiger charge is -2.31. The molecule has 22 heavy (non-hydrogen) atoms. The summed E-state index contributed by atoms with van der Waals surface area (Å²) in [6.07, 6.45) is -1.46. The molecule has 1 aliphatic rings. The molecule has 0 bridgehead atoms. The van der Waals surface area contributed by atoms with Crippen LogP contribution in [0.3, 0.4) is 0 Å². The van der Waals surface area contributed by atoms with Crippen molar-refractivity contribution in [3.8, 4) is 0 Å². The minimum Gasteiger partial charge on any atom is -0.381 e. The number of halogens is 4. The van der Waals surface area contributed by atoms with Gasteiger partial charge < -0.3 is 10.3 Å². The number of aromatic nitrogens is 2. The maximum absolute atomic E-state index is 14.2. The van der Waals surface area contributed by atoms with Crippen LogP contribution in [0.5, 0.6) is 0 Å². The third-order valence-electron chi connectivity index (χ3n) is 3.60. The summed E-state index contributed by atoms with van der Waals surface area (Å²) in [5.41, 5.74) is 4.82. The first-order valence-electron chi connectivity index (χ1n) is 6.46. The highest BCUT2D eigenvalue weighted by molar-refractivity contribution is 9.10. The van der Waals surface area contributed by atoms with Gasteiger partial charge in [-0.2, -0.15) is 0 Å².